The first-order valence-electron chi connectivity index (χ1n) is 11.7. The summed E-state index contributed by atoms with van der Waals surface area (Å²) < 4.78 is 2.64. The lowest BCUT2D eigenvalue weighted by molar-refractivity contribution is 0.255. The molecule has 1 heterocycles. The highest BCUT2D eigenvalue weighted by molar-refractivity contribution is 6.30. The van der Waals surface area contributed by atoms with Gasteiger partial charge in [-0.25, -0.2) is 4.98 Å². The molecule has 3 nitrogen and oxygen atoms in total. The summed E-state index contributed by atoms with van der Waals surface area (Å²) in [6.07, 6.45) is 11.7. The molecule has 30 heavy (non-hydrogen) atoms. The van der Waals surface area contributed by atoms with Crippen LogP contribution in [0.2, 0.25) is 5.02 Å². The zero-order chi connectivity index (χ0) is 20.3. The van der Waals surface area contributed by atoms with Crippen LogP contribution >= 0.6 is 11.6 Å². The molecule has 2 aliphatic carbocycles. The minimum absolute atomic E-state index is 0.481. The van der Waals surface area contributed by atoms with E-state index < -0.39 is 0 Å². The zero-order valence-electron chi connectivity index (χ0n) is 17.7. The Labute approximate surface area is 184 Å². The molecule has 158 valence electrons. The normalized spacial score (nSPS) is 23.1. The molecule has 0 spiro atoms. The molecule has 5 rings (SSSR count). The molecule has 0 unspecified atom stereocenters. The second-order valence-electron chi connectivity index (χ2n) is 9.13. The van der Waals surface area contributed by atoms with Gasteiger partial charge in [-0.2, -0.15) is 0 Å². The van der Waals surface area contributed by atoms with E-state index in [1.54, 1.807) is 0 Å². The fourth-order valence-corrected chi connectivity index (χ4v) is 5.70. The largest absolute Gasteiger partial charge is 0.323 e. The van der Waals surface area contributed by atoms with Crippen LogP contribution in [0.25, 0.3) is 11.0 Å². The molecule has 1 aromatic heterocycles. The molecule has 1 N–H and O–H groups in total. The minimum atomic E-state index is 0.481. The van der Waals surface area contributed by atoms with Crippen LogP contribution in [0.3, 0.4) is 0 Å². The number of halogens is 1. The van der Waals surface area contributed by atoms with Gasteiger partial charge in [0.25, 0.3) is 0 Å². The fourth-order valence-electron chi connectivity index (χ4n) is 5.57. The third-order valence-electron chi connectivity index (χ3n) is 7.14. The monoisotopic (exact) mass is 421 g/mol. The molecule has 2 aliphatic rings. The van der Waals surface area contributed by atoms with Crippen molar-refractivity contribution in [1.82, 2.24) is 14.9 Å². The summed E-state index contributed by atoms with van der Waals surface area (Å²) in [5.41, 5.74) is 3.79. The highest BCUT2D eigenvalue weighted by Gasteiger charge is 2.32. The molecular formula is C26H32ClN3. The predicted octanol–water partition coefficient (Wildman–Crippen LogP) is 7.01. The number of hydrogen-bond acceptors (Lipinski definition) is 2. The Hall–Kier alpha value is -1.84. The van der Waals surface area contributed by atoms with E-state index in [0.717, 1.165) is 11.6 Å². The van der Waals surface area contributed by atoms with Gasteiger partial charge >= 0.3 is 0 Å². The Morgan fingerprint density at radius 3 is 2.43 bits per heavy atom. The molecule has 0 saturated heterocycles. The molecule has 0 aliphatic heterocycles. The third kappa shape index (κ3) is 4.15. The average molecular weight is 422 g/mol. The Morgan fingerprint density at radius 2 is 1.60 bits per heavy atom. The van der Waals surface area contributed by atoms with Crippen LogP contribution in [0, 0.1) is 0 Å². The van der Waals surface area contributed by atoms with Crippen LogP contribution in [0.1, 0.15) is 81.1 Å². The highest BCUT2D eigenvalue weighted by Crippen LogP contribution is 2.39. The summed E-state index contributed by atoms with van der Waals surface area (Å²) in [4.78, 5) is 5.19. The maximum atomic E-state index is 6.07. The van der Waals surface area contributed by atoms with E-state index in [2.05, 4.69) is 46.3 Å². The van der Waals surface area contributed by atoms with E-state index >= 15 is 0 Å². The van der Waals surface area contributed by atoms with E-state index in [9.17, 15) is 0 Å². The third-order valence-corrected chi connectivity index (χ3v) is 7.39. The first kappa shape index (κ1) is 20.1. The van der Waals surface area contributed by atoms with Gasteiger partial charge in [0, 0.05) is 23.5 Å². The highest BCUT2D eigenvalue weighted by atomic mass is 35.5. The van der Waals surface area contributed by atoms with Crippen molar-refractivity contribution >= 4 is 22.6 Å². The van der Waals surface area contributed by atoms with Gasteiger partial charge in [0.05, 0.1) is 17.1 Å². The van der Waals surface area contributed by atoms with Gasteiger partial charge in [-0.3, -0.25) is 0 Å². The summed E-state index contributed by atoms with van der Waals surface area (Å²) in [6, 6.07) is 18.0. The fraction of sp³-hybridized carbons (Fsp3) is 0.500. The molecular weight excluding hydrogens is 390 g/mol. The first-order valence-corrected chi connectivity index (χ1v) is 12.1. The number of hydrogen-bond donors (Lipinski definition) is 1. The quantitative estimate of drug-likeness (QED) is 0.480. The second kappa shape index (κ2) is 9.11. The van der Waals surface area contributed by atoms with Crippen LogP contribution in [0.5, 0.6) is 0 Å². The van der Waals surface area contributed by atoms with Crippen molar-refractivity contribution in [1.29, 1.82) is 0 Å². The first-order chi connectivity index (χ1) is 14.8. The molecule has 2 aromatic carbocycles. The molecule has 4 heteroatoms. The van der Waals surface area contributed by atoms with Crippen LogP contribution in [0.4, 0.5) is 0 Å². The zero-order valence-corrected chi connectivity index (χ0v) is 18.5. The van der Waals surface area contributed by atoms with Crippen molar-refractivity contribution in [2.75, 3.05) is 0 Å². The van der Waals surface area contributed by atoms with Crippen molar-refractivity contribution < 1.29 is 0 Å². The van der Waals surface area contributed by atoms with Crippen LogP contribution in [-0.4, -0.2) is 15.6 Å². The maximum Gasteiger partial charge on any atom is 0.113 e. The second-order valence-corrected chi connectivity index (χ2v) is 9.57. The Bertz CT molecular complexity index is 972. The van der Waals surface area contributed by atoms with Crippen molar-refractivity contribution in [3.05, 3.63) is 64.9 Å². The van der Waals surface area contributed by atoms with Gasteiger partial charge in [-0.15, -0.1) is 0 Å². The molecule has 0 radical (unpaired) electrons. The van der Waals surface area contributed by atoms with E-state index in [1.165, 1.54) is 80.2 Å². The van der Waals surface area contributed by atoms with E-state index in [-0.39, 0.29) is 0 Å². The van der Waals surface area contributed by atoms with Crippen LogP contribution < -0.4 is 5.32 Å². The lowest BCUT2D eigenvalue weighted by Crippen LogP contribution is -2.40. The van der Waals surface area contributed by atoms with Gasteiger partial charge in [-0.1, -0.05) is 68.0 Å². The SMILES string of the molecule is Clc1ccc(CN[C@@H]2CCCC[C@H]2n2c(C3CCCCC3)nc3ccccc32)cc1. The van der Waals surface area contributed by atoms with Gasteiger partial charge in [0.15, 0.2) is 0 Å². The number of nitrogens with zero attached hydrogens (tertiary/aromatic N) is 2. The lowest BCUT2D eigenvalue weighted by Gasteiger charge is -2.36. The number of fused-ring (bicyclic) bond motifs is 1. The van der Waals surface area contributed by atoms with Crippen LogP contribution in [0.15, 0.2) is 48.5 Å². The topological polar surface area (TPSA) is 29.9 Å². The Morgan fingerprint density at radius 1 is 0.867 bits per heavy atom. The Balaban J connectivity index is 1.46. The predicted molar refractivity (Wildman–Crippen MR) is 125 cm³/mol. The summed E-state index contributed by atoms with van der Waals surface area (Å²) >= 11 is 6.07. The number of aromatic nitrogens is 2. The van der Waals surface area contributed by atoms with Gasteiger partial charge in [-0.05, 0) is 55.5 Å². The molecule has 0 bridgehead atoms. The summed E-state index contributed by atoms with van der Waals surface area (Å²) in [5, 5.41) is 4.70. The molecule has 0 amide bonds. The van der Waals surface area contributed by atoms with Crippen molar-refractivity contribution in [2.45, 2.75) is 82.3 Å². The smallest absolute Gasteiger partial charge is 0.113 e. The van der Waals surface area contributed by atoms with Gasteiger partial charge in [0.2, 0.25) is 0 Å². The maximum absolute atomic E-state index is 6.07. The number of nitrogens with one attached hydrogen (secondary N) is 1. The van der Waals surface area contributed by atoms with E-state index in [1.807, 2.05) is 12.1 Å². The summed E-state index contributed by atoms with van der Waals surface area (Å²) in [7, 11) is 0. The molecule has 2 saturated carbocycles. The Kier molecular flexibility index (Phi) is 6.10. The van der Waals surface area contributed by atoms with Crippen LogP contribution in [-0.2, 0) is 6.54 Å². The van der Waals surface area contributed by atoms with E-state index in [4.69, 9.17) is 16.6 Å². The lowest BCUT2D eigenvalue weighted by atomic mass is 9.86. The molecule has 2 fully saturated rings. The number of benzene rings is 2. The van der Waals surface area contributed by atoms with E-state index in [0.29, 0.717) is 18.0 Å². The van der Waals surface area contributed by atoms with Gasteiger partial charge < -0.3 is 9.88 Å². The summed E-state index contributed by atoms with van der Waals surface area (Å²) in [5.74, 6) is 1.96. The van der Waals surface area contributed by atoms with Crippen molar-refractivity contribution in [3.8, 4) is 0 Å². The number of rotatable bonds is 5. The average Bonchev–Trinajstić information content (AvgIpc) is 3.19. The number of imidazole rings is 1. The van der Waals surface area contributed by atoms with Crippen molar-refractivity contribution in [3.63, 3.8) is 0 Å². The molecule has 2 atom stereocenters. The molecule has 3 aromatic rings. The number of para-hydroxylation sites is 2. The summed E-state index contributed by atoms with van der Waals surface area (Å²) in [6.45, 7) is 0.893. The minimum Gasteiger partial charge on any atom is -0.323 e. The van der Waals surface area contributed by atoms with Crippen molar-refractivity contribution in [2.24, 2.45) is 0 Å². The standard InChI is InChI=1S/C26H32ClN3/c27-21-16-14-19(15-17-21)18-28-22-10-4-6-12-24(22)30-25-13-7-5-11-23(25)29-26(30)20-8-2-1-3-9-20/h5,7,11,13-17,20,22,24,28H,1-4,6,8-10,12,18H2/t22-,24-/m1/s1. The van der Waals surface area contributed by atoms with Gasteiger partial charge in [0.1, 0.15) is 5.82 Å².